The number of amides is 1. The molecule has 3 heteroatoms. The number of carbonyl (C=O) groups is 1. The van der Waals surface area contributed by atoms with Crippen molar-refractivity contribution in [2.75, 3.05) is 7.05 Å². The van der Waals surface area contributed by atoms with Crippen LogP contribution in [0.5, 0.6) is 0 Å². The average molecular weight is 182 g/mol. The third-order valence-electron chi connectivity index (χ3n) is 1.40. The summed E-state index contributed by atoms with van der Waals surface area (Å²) in [5.41, 5.74) is 0.482. The smallest absolute Gasteiger partial charge is 0.269 e. The van der Waals surface area contributed by atoms with Crippen molar-refractivity contribution < 1.29 is 4.79 Å². The van der Waals surface area contributed by atoms with Crippen molar-refractivity contribution in [1.29, 1.82) is 0 Å². The molecule has 1 N–H and O–H groups in total. The third kappa shape index (κ3) is 5.17. The Morgan fingerprint density at radius 3 is 2.54 bits per heavy atom. The molecule has 0 spiro atoms. The van der Waals surface area contributed by atoms with Gasteiger partial charge in [0.15, 0.2) is 0 Å². The van der Waals surface area contributed by atoms with E-state index in [0.717, 1.165) is 6.42 Å². The van der Waals surface area contributed by atoms with Gasteiger partial charge in [0.05, 0.1) is 0 Å². The summed E-state index contributed by atoms with van der Waals surface area (Å²) < 4.78 is 0. The first kappa shape index (κ1) is 11.9. The second-order valence-corrected chi connectivity index (χ2v) is 3.05. The van der Waals surface area contributed by atoms with Crippen molar-refractivity contribution in [2.45, 2.75) is 33.2 Å². The van der Waals surface area contributed by atoms with Gasteiger partial charge in [0.25, 0.3) is 5.91 Å². The summed E-state index contributed by atoms with van der Waals surface area (Å²) in [6.07, 6.45) is 4.58. The fourth-order valence-corrected chi connectivity index (χ4v) is 0.817. The molecule has 0 unspecified atom stereocenters. The maximum Gasteiger partial charge on any atom is 0.269 e. The molecule has 1 amide bonds. The molecular weight excluding hydrogens is 164 g/mol. The van der Waals surface area contributed by atoms with E-state index < -0.39 is 0 Å². The number of nitrogens with zero attached hydrogens (tertiary/aromatic N) is 1. The number of hydrogen-bond acceptors (Lipinski definition) is 2. The van der Waals surface area contributed by atoms with Gasteiger partial charge < -0.3 is 5.32 Å². The molecule has 0 aromatic carbocycles. The minimum absolute atomic E-state index is 0.109. The van der Waals surface area contributed by atoms with E-state index in [1.54, 1.807) is 13.1 Å². The second-order valence-electron chi connectivity index (χ2n) is 3.05. The van der Waals surface area contributed by atoms with Gasteiger partial charge in [-0.15, -0.1) is 0 Å². The third-order valence-corrected chi connectivity index (χ3v) is 1.40. The topological polar surface area (TPSA) is 41.5 Å². The van der Waals surface area contributed by atoms with E-state index in [-0.39, 0.29) is 11.9 Å². The van der Waals surface area contributed by atoms with Gasteiger partial charge in [0.2, 0.25) is 0 Å². The number of hydrogen-bond donors (Lipinski definition) is 1. The number of rotatable bonds is 4. The lowest BCUT2D eigenvalue weighted by atomic mass is 10.2. The van der Waals surface area contributed by atoms with Gasteiger partial charge in [-0.3, -0.25) is 9.79 Å². The standard InChI is InChI=1S/C10H18N2O/c1-5-6-7-9(11-4)10(13)12-8(2)3/h6-8H,5H2,1-4H3,(H,12,13)/b7-6-,11-9?. The Morgan fingerprint density at radius 2 is 2.15 bits per heavy atom. The molecule has 0 aliphatic rings. The molecule has 0 saturated carbocycles. The van der Waals surface area contributed by atoms with Crippen LogP contribution in [0.4, 0.5) is 0 Å². The van der Waals surface area contributed by atoms with E-state index in [0.29, 0.717) is 5.71 Å². The van der Waals surface area contributed by atoms with E-state index >= 15 is 0 Å². The summed E-state index contributed by atoms with van der Waals surface area (Å²) in [5, 5.41) is 2.78. The zero-order chi connectivity index (χ0) is 10.3. The highest BCUT2D eigenvalue weighted by Gasteiger charge is 2.07. The largest absolute Gasteiger partial charge is 0.349 e. The molecule has 0 aromatic heterocycles. The molecule has 0 atom stereocenters. The highest BCUT2D eigenvalue weighted by atomic mass is 16.1. The van der Waals surface area contributed by atoms with Crippen LogP contribution in [0.15, 0.2) is 17.1 Å². The van der Waals surface area contributed by atoms with Crippen molar-refractivity contribution in [2.24, 2.45) is 4.99 Å². The van der Waals surface area contributed by atoms with Crippen molar-refractivity contribution in [3.63, 3.8) is 0 Å². The SMILES string of the molecule is CC/C=C\C(=NC)C(=O)NC(C)C. The molecule has 0 aliphatic carbocycles. The van der Waals surface area contributed by atoms with E-state index in [9.17, 15) is 4.79 Å². The maximum absolute atomic E-state index is 11.4. The highest BCUT2D eigenvalue weighted by Crippen LogP contribution is 1.87. The fourth-order valence-electron chi connectivity index (χ4n) is 0.817. The molecule has 3 nitrogen and oxygen atoms in total. The first-order valence-corrected chi connectivity index (χ1v) is 4.56. The van der Waals surface area contributed by atoms with Crippen LogP contribution in [0.2, 0.25) is 0 Å². The van der Waals surface area contributed by atoms with Gasteiger partial charge in [-0.05, 0) is 26.3 Å². The van der Waals surface area contributed by atoms with Gasteiger partial charge in [-0.1, -0.05) is 13.0 Å². The Bertz CT molecular complexity index is 217. The van der Waals surface area contributed by atoms with Gasteiger partial charge in [0.1, 0.15) is 5.71 Å². The summed E-state index contributed by atoms with van der Waals surface area (Å²) in [4.78, 5) is 15.3. The zero-order valence-corrected chi connectivity index (χ0v) is 8.79. The van der Waals surface area contributed by atoms with Crippen molar-refractivity contribution in [3.8, 4) is 0 Å². The molecule has 0 aliphatic heterocycles. The van der Waals surface area contributed by atoms with Crippen LogP contribution in [0.25, 0.3) is 0 Å². The van der Waals surface area contributed by atoms with Crippen LogP contribution in [0.1, 0.15) is 27.2 Å². The second kappa shape index (κ2) is 6.40. The average Bonchev–Trinajstić information content (AvgIpc) is 2.04. The summed E-state index contributed by atoms with van der Waals surface area (Å²) in [7, 11) is 1.62. The van der Waals surface area contributed by atoms with E-state index in [1.165, 1.54) is 0 Å². The van der Waals surface area contributed by atoms with Crippen LogP contribution < -0.4 is 5.32 Å². The first-order chi connectivity index (χ1) is 6.11. The minimum atomic E-state index is -0.109. The first-order valence-electron chi connectivity index (χ1n) is 4.56. The molecular formula is C10H18N2O. The Hall–Kier alpha value is -1.12. The lowest BCUT2D eigenvalue weighted by molar-refractivity contribution is -0.115. The number of aliphatic imine (C=N–C) groups is 1. The molecule has 0 radical (unpaired) electrons. The molecule has 0 saturated heterocycles. The van der Waals surface area contributed by atoms with Gasteiger partial charge >= 0.3 is 0 Å². The van der Waals surface area contributed by atoms with Crippen LogP contribution in [-0.4, -0.2) is 24.7 Å². The van der Waals surface area contributed by atoms with Gasteiger partial charge in [-0.2, -0.15) is 0 Å². The Morgan fingerprint density at radius 1 is 1.54 bits per heavy atom. The van der Waals surface area contributed by atoms with Crippen LogP contribution in [0.3, 0.4) is 0 Å². The molecule has 0 rings (SSSR count). The number of allylic oxidation sites excluding steroid dienone is 1. The molecule has 0 heterocycles. The zero-order valence-electron chi connectivity index (χ0n) is 8.79. The summed E-state index contributed by atoms with van der Waals surface area (Å²) in [6, 6.07) is 0.152. The number of nitrogens with one attached hydrogen (secondary N) is 1. The van der Waals surface area contributed by atoms with Crippen LogP contribution >= 0.6 is 0 Å². The quantitative estimate of drug-likeness (QED) is 0.658. The molecule has 74 valence electrons. The van der Waals surface area contributed by atoms with E-state index in [2.05, 4.69) is 10.3 Å². The lowest BCUT2D eigenvalue weighted by Crippen LogP contribution is -2.35. The molecule has 13 heavy (non-hydrogen) atoms. The summed E-state index contributed by atoms with van der Waals surface area (Å²) in [6.45, 7) is 5.87. The normalized spacial score (nSPS) is 12.5. The van der Waals surface area contributed by atoms with Crippen molar-refractivity contribution >= 4 is 11.6 Å². The van der Waals surface area contributed by atoms with E-state index in [4.69, 9.17) is 0 Å². The van der Waals surface area contributed by atoms with E-state index in [1.807, 2.05) is 26.8 Å². The maximum atomic E-state index is 11.4. The minimum Gasteiger partial charge on any atom is -0.349 e. The predicted molar refractivity (Wildman–Crippen MR) is 56.1 cm³/mol. The fraction of sp³-hybridized carbons (Fsp3) is 0.600. The van der Waals surface area contributed by atoms with Crippen LogP contribution in [-0.2, 0) is 4.79 Å². The van der Waals surface area contributed by atoms with Gasteiger partial charge in [-0.25, -0.2) is 0 Å². The molecule has 0 fully saturated rings. The van der Waals surface area contributed by atoms with Crippen molar-refractivity contribution in [1.82, 2.24) is 5.32 Å². The lowest BCUT2D eigenvalue weighted by Gasteiger charge is -2.07. The monoisotopic (exact) mass is 182 g/mol. The van der Waals surface area contributed by atoms with Gasteiger partial charge in [0, 0.05) is 13.1 Å². The molecule has 0 aromatic rings. The van der Waals surface area contributed by atoms with Crippen LogP contribution in [0, 0.1) is 0 Å². The summed E-state index contributed by atoms with van der Waals surface area (Å²) >= 11 is 0. The number of carbonyl (C=O) groups excluding carboxylic acids is 1. The Kier molecular flexibility index (Phi) is 5.85. The van der Waals surface area contributed by atoms with Crippen molar-refractivity contribution in [3.05, 3.63) is 12.2 Å². The Labute approximate surface area is 79.9 Å². The molecule has 0 bridgehead atoms. The Balaban J connectivity index is 4.26. The predicted octanol–water partition coefficient (Wildman–Crippen LogP) is 1.55. The highest BCUT2D eigenvalue weighted by molar-refractivity contribution is 6.43. The summed E-state index contributed by atoms with van der Waals surface area (Å²) in [5.74, 6) is -0.109.